The maximum absolute atomic E-state index is 12.7. The Kier molecular flexibility index (Phi) is 7.40. The summed E-state index contributed by atoms with van der Waals surface area (Å²) in [5, 5.41) is 4.77. The monoisotopic (exact) mass is 568 g/mol. The number of aryl methyl sites for hydroxylation is 1. The van der Waals surface area contributed by atoms with E-state index in [1.807, 2.05) is 36.0 Å². The van der Waals surface area contributed by atoms with E-state index in [0.717, 1.165) is 38.4 Å². The van der Waals surface area contributed by atoms with Crippen LogP contribution in [0.15, 0.2) is 24.4 Å². The molecule has 1 aliphatic carbocycles. The first-order valence-corrected chi connectivity index (χ1v) is 12.2. The molecular formula is C24H33IN4O4. The van der Waals surface area contributed by atoms with Crippen LogP contribution in [0.2, 0.25) is 0 Å². The summed E-state index contributed by atoms with van der Waals surface area (Å²) in [6, 6.07) is 6.12. The van der Waals surface area contributed by atoms with Crippen LogP contribution in [0.25, 0.3) is 11.4 Å². The second kappa shape index (κ2) is 9.60. The van der Waals surface area contributed by atoms with E-state index in [1.54, 1.807) is 41.5 Å². The van der Waals surface area contributed by atoms with E-state index in [4.69, 9.17) is 14.6 Å². The van der Waals surface area contributed by atoms with Crippen molar-refractivity contribution in [1.29, 1.82) is 0 Å². The Hall–Kier alpha value is -2.17. The van der Waals surface area contributed by atoms with Crippen LogP contribution in [0.4, 0.5) is 9.59 Å². The molecule has 2 aromatic rings. The van der Waals surface area contributed by atoms with E-state index < -0.39 is 23.4 Å². The number of hydrogen-bond acceptors (Lipinski definition) is 6. The van der Waals surface area contributed by atoms with Gasteiger partial charge in [0.2, 0.25) is 0 Å². The van der Waals surface area contributed by atoms with E-state index in [1.165, 1.54) is 0 Å². The molecule has 2 aromatic heterocycles. The number of halogens is 1. The molecule has 0 radical (unpaired) electrons. The maximum Gasteiger partial charge on any atom is 0.419 e. The fourth-order valence-corrected chi connectivity index (χ4v) is 4.26. The van der Waals surface area contributed by atoms with Crippen molar-refractivity contribution in [3.8, 4) is 11.4 Å². The van der Waals surface area contributed by atoms with E-state index in [2.05, 4.69) is 27.6 Å². The molecule has 0 aromatic carbocycles. The fraction of sp³-hybridized carbons (Fsp3) is 0.583. The van der Waals surface area contributed by atoms with Gasteiger partial charge in [0.25, 0.3) is 0 Å². The van der Waals surface area contributed by atoms with Crippen LogP contribution < -0.4 is 0 Å². The predicted molar refractivity (Wildman–Crippen MR) is 134 cm³/mol. The van der Waals surface area contributed by atoms with Gasteiger partial charge in [0.15, 0.2) is 0 Å². The molecule has 1 aliphatic rings. The van der Waals surface area contributed by atoms with Crippen LogP contribution >= 0.6 is 22.6 Å². The molecular weight excluding hydrogens is 535 g/mol. The molecule has 0 unspecified atom stereocenters. The molecule has 0 saturated heterocycles. The van der Waals surface area contributed by atoms with E-state index >= 15 is 0 Å². The van der Waals surface area contributed by atoms with Gasteiger partial charge in [-0.25, -0.2) is 14.5 Å². The van der Waals surface area contributed by atoms with Crippen molar-refractivity contribution in [3.63, 3.8) is 0 Å². The molecule has 1 saturated carbocycles. The lowest BCUT2D eigenvalue weighted by atomic mass is 9.80. The maximum atomic E-state index is 12.7. The lowest BCUT2D eigenvalue weighted by Gasteiger charge is -2.38. The largest absolute Gasteiger partial charge is 0.443 e. The zero-order valence-electron chi connectivity index (χ0n) is 20.4. The number of amides is 2. The molecule has 0 atom stereocenters. The number of carbonyl (C=O) groups excluding carboxylic acids is 2. The second-order valence-corrected chi connectivity index (χ2v) is 11.7. The van der Waals surface area contributed by atoms with Gasteiger partial charge in [-0.1, -0.05) is 6.07 Å². The van der Waals surface area contributed by atoms with Gasteiger partial charge in [-0.3, -0.25) is 9.67 Å². The Labute approximate surface area is 209 Å². The summed E-state index contributed by atoms with van der Waals surface area (Å²) in [5.41, 5.74) is 1.27. The van der Waals surface area contributed by atoms with Gasteiger partial charge in [-0.05, 0) is 102 Å². The van der Waals surface area contributed by atoms with Crippen molar-refractivity contribution >= 4 is 34.8 Å². The van der Waals surface area contributed by atoms with Crippen LogP contribution in [0.5, 0.6) is 0 Å². The zero-order valence-corrected chi connectivity index (χ0v) is 22.5. The minimum absolute atomic E-state index is 0.150. The highest BCUT2D eigenvalue weighted by Gasteiger charge is 2.38. The van der Waals surface area contributed by atoms with Gasteiger partial charge in [0.1, 0.15) is 16.9 Å². The molecule has 1 fully saturated rings. The van der Waals surface area contributed by atoms with Gasteiger partial charge >= 0.3 is 12.2 Å². The Morgan fingerprint density at radius 1 is 1.09 bits per heavy atom. The average molecular weight is 568 g/mol. The van der Waals surface area contributed by atoms with Crippen LogP contribution in [0.1, 0.15) is 66.1 Å². The second-order valence-electron chi connectivity index (χ2n) is 10.5. The molecule has 180 valence electrons. The molecule has 3 rings (SSSR count). The third-order valence-corrected chi connectivity index (χ3v) is 5.86. The Bertz CT molecular complexity index is 988. The van der Waals surface area contributed by atoms with Crippen molar-refractivity contribution < 1.29 is 19.1 Å². The normalized spacial score (nSPS) is 18.4. The van der Waals surface area contributed by atoms with Crippen molar-refractivity contribution in [1.82, 2.24) is 19.7 Å². The van der Waals surface area contributed by atoms with Crippen LogP contribution in [0, 0.1) is 16.4 Å². The summed E-state index contributed by atoms with van der Waals surface area (Å²) < 4.78 is 13.9. The van der Waals surface area contributed by atoms with E-state index in [9.17, 15) is 9.59 Å². The lowest BCUT2D eigenvalue weighted by Crippen LogP contribution is -2.47. The number of nitrogens with zero attached hydrogens (tertiary/aromatic N) is 4. The highest BCUT2D eigenvalue weighted by atomic mass is 127. The third kappa shape index (κ3) is 6.91. The van der Waals surface area contributed by atoms with Gasteiger partial charge in [0.05, 0.1) is 15.3 Å². The van der Waals surface area contributed by atoms with E-state index in [0.29, 0.717) is 0 Å². The molecule has 0 aliphatic heterocycles. The molecule has 2 heterocycles. The summed E-state index contributed by atoms with van der Waals surface area (Å²) >= 11 is 2.28. The molecule has 2 amide bonds. The van der Waals surface area contributed by atoms with Crippen molar-refractivity contribution in [2.75, 3.05) is 6.54 Å². The molecule has 0 N–H and O–H groups in total. The Morgan fingerprint density at radius 2 is 1.67 bits per heavy atom. The van der Waals surface area contributed by atoms with E-state index in [-0.39, 0.29) is 18.5 Å². The number of hydrogen-bond donors (Lipinski definition) is 0. The number of aromatic nitrogens is 3. The number of rotatable bonds is 4. The third-order valence-electron chi connectivity index (χ3n) is 5.07. The summed E-state index contributed by atoms with van der Waals surface area (Å²) in [7, 11) is 0. The van der Waals surface area contributed by atoms with Crippen molar-refractivity contribution in [2.24, 2.45) is 5.92 Å². The van der Waals surface area contributed by atoms with Crippen molar-refractivity contribution in [2.45, 2.75) is 78.6 Å². The molecule has 9 heteroatoms. The predicted octanol–water partition coefficient (Wildman–Crippen LogP) is 5.98. The van der Waals surface area contributed by atoms with Gasteiger partial charge in [-0.2, -0.15) is 5.10 Å². The number of carbonyl (C=O) groups is 2. The summed E-state index contributed by atoms with van der Waals surface area (Å²) in [6.07, 6.45) is 2.28. The standard InChI is InChI=1S/C24H33IN4O4/c1-15-9-8-10-19(26-15)20-18(25)14-29(27-20)17-11-16(12-17)13-28(21(30)32-23(2,3)4)22(31)33-24(5,6)7/h8-10,14,16-17H,11-13H2,1-7H3. The molecule has 33 heavy (non-hydrogen) atoms. The first kappa shape index (κ1) is 25.5. The highest BCUT2D eigenvalue weighted by molar-refractivity contribution is 14.1. The minimum Gasteiger partial charge on any atom is -0.443 e. The Morgan fingerprint density at radius 3 is 2.18 bits per heavy atom. The smallest absolute Gasteiger partial charge is 0.419 e. The average Bonchev–Trinajstić information content (AvgIpc) is 2.98. The quantitative estimate of drug-likeness (QED) is 0.422. The van der Waals surface area contributed by atoms with Gasteiger partial charge in [-0.15, -0.1) is 0 Å². The molecule has 8 nitrogen and oxygen atoms in total. The van der Waals surface area contributed by atoms with Crippen LogP contribution in [-0.4, -0.2) is 49.6 Å². The highest BCUT2D eigenvalue weighted by Crippen LogP contribution is 2.39. The number of pyridine rings is 1. The first-order valence-electron chi connectivity index (χ1n) is 11.1. The number of ether oxygens (including phenoxy) is 2. The fourth-order valence-electron chi connectivity index (χ4n) is 3.59. The lowest BCUT2D eigenvalue weighted by molar-refractivity contribution is -0.00640. The van der Waals surface area contributed by atoms with Crippen LogP contribution in [0.3, 0.4) is 0 Å². The topological polar surface area (TPSA) is 86.6 Å². The zero-order chi connectivity index (χ0) is 24.6. The van der Waals surface area contributed by atoms with Gasteiger partial charge < -0.3 is 9.47 Å². The van der Waals surface area contributed by atoms with Crippen molar-refractivity contribution in [3.05, 3.63) is 33.7 Å². The summed E-state index contributed by atoms with van der Waals surface area (Å²) in [4.78, 5) is 31.1. The minimum atomic E-state index is -0.703. The van der Waals surface area contributed by atoms with Crippen LogP contribution in [-0.2, 0) is 9.47 Å². The molecule has 0 bridgehead atoms. The Balaban J connectivity index is 1.67. The summed E-state index contributed by atoms with van der Waals surface area (Å²) in [5.74, 6) is 0.150. The first-order chi connectivity index (χ1) is 15.2. The molecule has 0 spiro atoms. The van der Waals surface area contributed by atoms with Gasteiger partial charge in [0, 0.05) is 18.4 Å². The SMILES string of the molecule is Cc1cccc(-c2nn(C3CC(CN(C(=O)OC(C)(C)C)C(=O)OC(C)(C)C)C3)cc2I)n1. The summed E-state index contributed by atoms with van der Waals surface area (Å²) in [6.45, 7) is 12.9. The number of imide groups is 1.